The van der Waals surface area contributed by atoms with Gasteiger partial charge in [0.2, 0.25) is 0 Å². The Hall–Kier alpha value is -1.42. The number of nitrogens with zero attached hydrogens (tertiary/aromatic N) is 1. The number of benzene rings is 1. The lowest BCUT2D eigenvalue weighted by atomic mass is 10.1. The van der Waals surface area contributed by atoms with E-state index in [0.717, 1.165) is 29.1 Å². The molecule has 1 aliphatic rings. The Kier molecular flexibility index (Phi) is 9.81. The van der Waals surface area contributed by atoms with Crippen LogP contribution in [0, 0.1) is 5.92 Å². The summed E-state index contributed by atoms with van der Waals surface area (Å²) in [7, 11) is 0. The quantitative estimate of drug-likeness (QED) is 0.396. The van der Waals surface area contributed by atoms with Gasteiger partial charge in [0.1, 0.15) is 6.54 Å². The van der Waals surface area contributed by atoms with Crippen LogP contribution in [0.1, 0.15) is 25.8 Å². The lowest BCUT2D eigenvalue weighted by Gasteiger charge is -2.39. The molecule has 1 aromatic rings. The van der Waals surface area contributed by atoms with E-state index in [1.54, 1.807) is 0 Å². The molecule has 8 nitrogen and oxygen atoms in total. The van der Waals surface area contributed by atoms with Crippen molar-refractivity contribution in [1.82, 2.24) is 0 Å². The third-order valence-corrected chi connectivity index (χ3v) is 5.93. The van der Waals surface area contributed by atoms with Gasteiger partial charge in [-0.05, 0) is 26.0 Å². The molecule has 6 N–H and O–H groups in total. The maximum Gasteiger partial charge on any atom is 0.335 e. The summed E-state index contributed by atoms with van der Waals surface area (Å²) in [6, 6.07) is 6.41. The number of halogens is 2. The Morgan fingerprint density at radius 1 is 1.17 bits per heavy atom. The van der Waals surface area contributed by atoms with E-state index in [9.17, 15) is 9.59 Å². The second-order valence-corrected chi connectivity index (χ2v) is 8.41. The number of aliphatic carboxylic acids is 2. The fraction of sp³-hybridized carbons (Fsp3) is 0.579. The number of nitrogens with two attached hydrogens (primary N) is 1. The van der Waals surface area contributed by atoms with Crippen molar-refractivity contribution in [2.45, 2.75) is 45.1 Å². The molecule has 1 aliphatic heterocycles. The van der Waals surface area contributed by atoms with Gasteiger partial charge < -0.3 is 30.6 Å². The van der Waals surface area contributed by atoms with Crippen molar-refractivity contribution in [1.29, 1.82) is 0 Å². The molecule has 29 heavy (non-hydrogen) atoms. The van der Waals surface area contributed by atoms with Crippen LogP contribution in [-0.4, -0.2) is 74.7 Å². The van der Waals surface area contributed by atoms with Gasteiger partial charge in [-0.1, -0.05) is 29.3 Å². The summed E-state index contributed by atoms with van der Waals surface area (Å²) in [4.78, 5) is 19.5. The molecule has 2 rings (SSSR count). The average molecular weight is 452 g/mol. The van der Waals surface area contributed by atoms with Crippen LogP contribution in [0.2, 0.25) is 10.0 Å². The van der Waals surface area contributed by atoms with Crippen molar-refractivity contribution in [3.05, 3.63) is 33.8 Å². The number of quaternary nitrogens is 1. The monoisotopic (exact) mass is 451 g/mol. The fourth-order valence-corrected chi connectivity index (χ4v) is 3.85. The van der Waals surface area contributed by atoms with Gasteiger partial charge in [0.15, 0.2) is 12.2 Å². The molecule has 0 aliphatic carbocycles. The molecule has 1 fully saturated rings. The molecule has 0 saturated carbocycles. The highest BCUT2D eigenvalue weighted by atomic mass is 35.5. The molecule has 10 heteroatoms. The maximum atomic E-state index is 9.77. The first kappa shape index (κ1) is 25.6. The van der Waals surface area contributed by atoms with Crippen LogP contribution < -0.4 is 5.73 Å². The third kappa shape index (κ3) is 7.09. The summed E-state index contributed by atoms with van der Waals surface area (Å²) in [5.74, 6) is -2.89. The molecule has 0 aromatic heterocycles. The van der Waals surface area contributed by atoms with Gasteiger partial charge in [0.25, 0.3) is 0 Å². The Morgan fingerprint density at radius 3 is 2.10 bits per heavy atom. The SMILES string of the molecule is CC(C)[N+]1(Cc2ccc(Cl)cc2Cl)CC[C@@H](CN)C1.O=C(O)C(O)C(O)C(=O)O. The van der Waals surface area contributed by atoms with Gasteiger partial charge in [-0.2, -0.15) is 0 Å². The molecule has 0 spiro atoms. The van der Waals surface area contributed by atoms with Gasteiger partial charge in [0, 0.05) is 29.5 Å². The molecule has 3 unspecified atom stereocenters. The van der Waals surface area contributed by atoms with Crippen molar-refractivity contribution in [2.75, 3.05) is 19.6 Å². The smallest absolute Gasteiger partial charge is 0.335 e. The molecular formula is C19H29Cl2N2O6+. The molecule has 0 radical (unpaired) electrons. The minimum atomic E-state index is -2.27. The highest BCUT2D eigenvalue weighted by Crippen LogP contribution is 2.32. The zero-order valence-electron chi connectivity index (χ0n) is 16.5. The van der Waals surface area contributed by atoms with Crippen LogP contribution in [0.4, 0.5) is 0 Å². The number of carbonyl (C=O) groups is 2. The standard InChI is InChI=1S/C15H23Cl2N2.C4H6O6/c1-11(2)19(6-5-12(8-18)9-19)10-13-3-4-14(16)7-15(13)17;5-1(3(7)8)2(6)4(9)10/h3-4,7,11-12H,5-6,8-10,18H2,1-2H3;1-2,5-6H,(H,7,8)(H,9,10)/q+1;/t12-,19?;/m0./s1. The molecule has 4 atom stereocenters. The van der Waals surface area contributed by atoms with E-state index in [2.05, 4.69) is 19.9 Å². The summed E-state index contributed by atoms with van der Waals surface area (Å²) in [5.41, 5.74) is 7.04. The molecular weight excluding hydrogens is 423 g/mol. The first-order chi connectivity index (χ1) is 13.4. The van der Waals surface area contributed by atoms with Crippen LogP contribution in [0.25, 0.3) is 0 Å². The molecule has 1 saturated heterocycles. The highest BCUT2D eigenvalue weighted by molar-refractivity contribution is 6.35. The second kappa shape index (κ2) is 11.1. The predicted molar refractivity (Wildman–Crippen MR) is 110 cm³/mol. The van der Waals surface area contributed by atoms with Crippen molar-refractivity contribution in [3.63, 3.8) is 0 Å². The summed E-state index contributed by atoms with van der Waals surface area (Å²) < 4.78 is 1.09. The van der Waals surface area contributed by atoms with Crippen molar-refractivity contribution in [3.8, 4) is 0 Å². The molecule has 1 heterocycles. The number of carboxylic acid groups (broad SMARTS) is 2. The first-order valence-electron chi connectivity index (χ1n) is 9.25. The normalized spacial score (nSPS) is 23.2. The Labute approximate surface area is 180 Å². The molecule has 1 aromatic carbocycles. The van der Waals surface area contributed by atoms with Gasteiger partial charge in [-0.25, -0.2) is 9.59 Å². The topological polar surface area (TPSA) is 141 Å². The van der Waals surface area contributed by atoms with Crippen molar-refractivity contribution < 1.29 is 34.5 Å². The van der Waals surface area contributed by atoms with E-state index in [4.69, 9.17) is 49.4 Å². The van der Waals surface area contributed by atoms with E-state index >= 15 is 0 Å². The van der Waals surface area contributed by atoms with E-state index in [1.807, 2.05) is 12.1 Å². The average Bonchev–Trinajstić information content (AvgIpc) is 3.08. The minimum Gasteiger partial charge on any atom is -0.479 e. The van der Waals surface area contributed by atoms with Crippen molar-refractivity contribution >= 4 is 35.1 Å². The lowest BCUT2D eigenvalue weighted by Crippen LogP contribution is -2.50. The largest absolute Gasteiger partial charge is 0.479 e. The van der Waals surface area contributed by atoms with Crippen LogP contribution >= 0.6 is 23.2 Å². The fourth-order valence-electron chi connectivity index (χ4n) is 3.38. The second-order valence-electron chi connectivity index (χ2n) is 7.57. The highest BCUT2D eigenvalue weighted by Gasteiger charge is 2.40. The number of rotatable bonds is 7. The molecule has 0 bridgehead atoms. The Balaban J connectivity index is 0.000000359. The summed E-state index contributed by atoms with van der Waals surface area (Å²) in [6.07, 6.45) is -3.31. The van der Waals surface area contributed by atoms with E-state index in [0.29, 0.717) is 17.0 Å². The van der Waals surface area contributed by atoms with Gasteiger partial charge >= 0.3 is 11.9 Å². The summed E-state index contributed by atoms with van der Waals surface area (Å²) in [5, 5.41) is 34.0. The van der Waals surface area contributed by atoms with Crippen LogP contribution in [0.15, 0.2) is 18.2 Å². The minimum absolute atomic E-state index is 0.586. The molecule has 0 amide bonds. The first-order valence-corrected chi connectivity index (χ1v) is 10.0. The maximum absolute atomic E-state index is 9.77. The zero-order valence-corrected chi connectivity index (χ0v) is 18.0. The van der Waals surface area contributed by atoms with E-state index in [1.165, 1.54) is 18.5 Å². The number of hydrogen-bond donors (Lipinski definition) is 5. The van der Waals surface area contributed by atoms with Gasteiger partial charge in [-0.15, -0.1) is 0 Å². The third-order valence-electron chi connectivity index (χ3n) is 5.34. The summed E-state index contributed by atoms with van der Waals surface area (Å²) >= 11 is 12.3. The number of aliphatic hydroxyl groups excluding tert-OH is 2. The Bertz CT molecular complexity index is 700. The van der Waals surface area contributed by atoms with Crippen molar-refractivity contribution in [2.24, 2.45) is 11.7 Å². The number of likely N-dealkylation sites (tertiary alicyclic amines) is 1. The predicted octanol–water partition coefficient (Wildman–Crippen LogP) is 1.57. The van der Waals surface area contributed by atoms with E-state index in [-0.39, 0.29) is 0 Å². The lowest BCUT2D eigenvalue weighted by molar-refractivity contribution is -0.950. The summed E-state index contributed by atoms with van der Waals surface area (Å²) in [6.45, 7) is 8.71. The van der Waals surface area contributed by atoms with Crippen LogP contribution in [0.5, 0.6) is 0 Å². The Morgan fingerprint density at radius 2 is 1.72 bits per heavy atom. The van der Waals surface area contributed by atoms with Crippen LogP contribution in [0.3, 0.4) is 0 Å². The number of aliphatic hydroxyl groups is 2. The molecule has 164 valence electrons. The van der Waals surface area contributed by atoms with E-state index < -0.39 is 24.1 Å². The number of hydrogen-bond acceptors (Lipinski definition) is 5. The van der Waals surface area contributed by atoms with Gasteiger partial charge in [0.05, 0.1) is 24.2 Å². The van der Waals surface area contributed by atoms with Crippen LogP contribution in [-0.2, 0) is 16.1 Å². The number of carboxylic acids is 2. The van der Waals surface area contributed by atoms with Gasteiger partial charge in [-0.3, -0.25) is 0 Å². The zero-order chi connectivity index (χ0) is 22.4.